The summed E-state index contributed by atoms with van der Waals surface area (Å²) < 4.78 is 25.5. The van der Waals surface area contributed by atoms with Gasteiger partial charge in [-0.15, -0.1) is 0 Å². The van der Waals surface area contributed by atoms with E-state index in [2.05, 4.69) is 22.0 Å². The topological polar surface area (TPSA) is 56.4 Å². The fourth-order valence-electron chi connectivity index (χ4n) is 3.38. The minimum absolute atomic E-state index is 0.141. The number of rotatable bonds is 1. The minimum Gasteiger partial charge on any atom is -0.367 e. The highest BCUT2D eigenvalue weighted by molar-refractivity contribution is 7.89. The molecule has 0 radical (unpaired) electrons. The van der Waals surface area contributed by atoms with Gasteiger partial charge in [-0.25, -0.2) is 8.42 Å². The van der Waals surface area contributed by atoms with Crippen LogP contribution in [0.15, 0.2) is 30.5 Å². The Labute approximate surface area is 118 Å². The van der Waals surface area contributed by atoms with Crippen molar-refractivity contribution in [2.75, 3.05) is 30.3 Å². The van der Waals surface area contributed by atoms with Gasteiger partial charge in [-0.05, 0) is 12.5 Å². The molecule has 1 aromatic heterocycles. The molecule has 2 aliphatic heterocycles. The number of hydrogen-bond donors (Lipinski definition) is 1. The fourth-order valence-corrected chi connectivity index (χ4v) is 5.17. The van der Waals surface area contributed by atoms with E-state index in [0.29, 0.717) is 12.3 Å². The molecule has 2 saturated heterocycles. The molecular formula is C14H17N3O2S. The first-order valence-electron chi connectivity index (χ1n) is 6.96. The van der Waals surface area contributed by atoms with Crippen molar-refractivity contribution in [3.63, 3.8) is 0 Å². The summed E-state index contributed by atoms with van der Waals surface area (Å²) in [5, 5.41) is 1.21. The van der Waals surface area contributed by atoms with Gasteiger partial charge in [0.15, 0.2) is 0 Å². The average molecular weight is 291 g/mol. The molecule has 1 atom stereocenters. The van der Waals surface area contributed by atoms with Crippen LogP contribution in [0.5, 0.6) is 0 Å². The maximum absolute atomic E-state index is 11.9. The first kappa shape index (κ1) is 12.2. The summed E-state index contributed by atoms with van der Waals surface area (Å²) >= 11 is 0. The third kappa shape index (κ3) is 1.75. The number of para-hydroxylation sites is 1. The number of aromatic nitrogens is 1. The molecule has 4 rings (SSSR count). The lowest BCUT2D eigenvalue weighted by atomic mass is 10.1. The summed E-state index contributed by atoms with van der Waals surface area (Å²) in [6.45, 7) is 2.16. The van der Waals surface area contributed by atoms with E-state index in [1.165, 1.54) is 11.1 Å². The van der Waals surface area contributed by atoms with Gasteiger partial charge in [0.1, 0.15) is 0 Å². The summed E-state index contributed by atoms with van der Waals surface area (Å²) in [6, 6.07) is 8.37. The van der Waals surface area contributed by atoms with Gasteiger partial charge in [0.2, 0.25) is 10.0 Å². The van der Waals surface area contributed by atoms with Crippen molar-refractivity contribution in [3.8, 4) is 0 Å². The molecular weight excluding hydrogens is 274 g/mol. The number of piperazine rings is 1. The Kier molecular flexibility index (Phi) is 2.59. The normalized spacial score (nSPS) is 26.0. The van der Waals surface area contributed by atoms with E-state index >= 15 is 0 Å². The summed E-state index contributed by atoms with van der Waals surface area (Å²) in [5.74, 6) is 0.305. The summed E-state index contributed by atoms with van der Waals surface area (Å²) in [6.07, 6.45) is 2.78. The van der Waals surface area contributed by atoms with Gasteiger partial charge in [0.25, 0.3) is 0 Å². The molecule has 6 heteroatoms. The lowest BCUT2D eigenvalue weighted by Crippen LogP contribution is -2.51. The Balaban J connectivity index is 1.66. The number of nitrogens with zero attached hydrogens (tertiary/aromatic N) is 2. The quantitative estimate of drug-likeness (QED) is 0.864. The van der Waals surface area contributed by atoms with Crippen molar-refractivity contribution in [2.24, 2.45) is 0 Å². The number of sulfonamides is 1. The first-order valence-corrected chi connectivity index (χ1v) is 8.57. The molecule has 20 heavy (non-hydrogen) atoms. The summed E-state index contributed by atoms with van der Waals surface area (Å²) in [4.78, 5) is 5.59. The Bertz CT molecular complexity index is 753. The zero-order valence-electron chi connectivity index (χ0n) is 11.1. The van der Waals surface area contributed by atoms with Crippen LogP contribution in [-0.4, -0.2) is 49.1 Å². The molecule has 1 N–H and O–H groups in total. The van der Waals surface area contributed by atoms with Gasteiger partial charge in [-0.1, -0.05) is 18.2 Å². The van der Waals surface area contributed by atoms with E-state index in [1.54, 1.807) is 4.31 Å². The summed E-state index contributed by atoms with van der Waals surface area (Å²) in [5.41, 5.74) is 2.31. The molecule has 0 aliphatic carbocycles. The van der Waals surface area contributed by atoms with Crippen molar-refractivity contribution in [1.29, 1.82) is 0 Å². The molecule has 0 spiro atoms. The minimum atomic E-state index is -2.98. The van der Waals surface area contributed by atoms with Crippen LogP contribution in [-0.2, 0) is 10.0 Å². The van der Waals surface area contributed by atoms with Crippen molar-refractivity contribution in [2.45, 2.75) is 12.5 Å². The molecule has 0 bridgehead atoms. The molecule has 5 nitrogen and oxygen atoms in total. The third-order valence-corrected chi connectivity index (χ3v) is 6.35. The van der Waals surface area contributed by atoms with Gasteiger partial charge < -0.3 is 9.88 Å². The predicted octanol–water partition coefficient (Wildman–Crippen LogP) is 1.39. The number of hydrogen-bond acceptors (Lipinski definition) is 3. The molecule has 2 aliphatic rings. The van der Waals surface area contributed by atoms with E-state index in [0.717, 1.165) is 25.0 Å². The standard InChI is InChI=1S/C14H17N3O2S/c18-20(19)8-5-11-10-16(6-7-17(11)20)14-9-15-13-4-2-1-3-12(13)14/h1-4,9,11,15H,5-8,10H2. The molecule has 3 heterocycles. The molecule has 0 saturated carbocycles. The largest absolute Gasteiger partial charge is 0.367 e. The van der Waals surface area contributed by atoms with Gasteiger partial charge in [0.05, 0.1) is 11.4 Å². The Morgan fingerprint density at radius 2 is 2.05 bits per heavy atom. The molecule has 106 valence electrons. The van der Waals surface area contributed by atoms with Gasteiger partial charge >= 0.3 is 0 Å². The van der Waals surface area contributed by atoms with Crippen LogP contribution in [0.2, 0.25) is 0 Å². The highest BCUT2D eigenvalue weighted by Gasteiger charge is 2.41. The molecule has 2 fully saturated rings. The maximum Gasteiger partial charge on any atom is 0.214 e. The first-order chi connectivity index (χ1) is 9.65. The highest BCUT2D eigenvalue weighted by atomic mass is 32.2. The highest BCUT2D eigenvalue weighted by Crippen LogP contribution is 2.31. The van der Waals surface area contributed by atoms with E-state index in [4.69, 9.17) is 0 Å². The fraction of sp³-hybridized carbons (Fsp3) is 0.429. The number of anilines is 1. The van der Waals surface area contributed by atoms with Crippen LogP contribution in [0.4, 0.5) is 5.69 Å². The van der Waals surface area contributed by atoms with Gasteiger partial charge in [0, 0.05) is 42.8 Å². The smallest absolute Gasteiger partial charge is 0.214 e. The van der Waals surface area contributed by atoms with Crippen molar-refractivity contribution >= 4 is 26.6 Å². The van der Waals surface area contributed by atoms with E-state index < -0.39 is 10.0 Å². The Morgan fingerprint density at radius 3 is 2.95 bits per heavy atom. The van der Waals surface area contributed by atoms with Crippen molar-refractivity contribution < 1.29 is 8.42 Å². The number of aromatic amines is 1. The molecule has 2 aromatic rings. The number of fused-ring (bicyclic) bond motifs is 2. The van der Waals surface area contributed by atoms with Crippen LogP contribution in [0.3, 0.4) is 0 Å². The number of nitrogens with one attached hydrogen (secondary N) is 1. The van der Waals surface area contributed by atoms with E-state index in [9.17, 15) is 8.42 Å². The molecule has 0 amide bonds. The zero-order valence-corrected chi connectivity index (χ0v) is 11.9. The van der Waals surface area contributed by atoms with Crippen LogP contribution in [0.1, 0.15) is 6.42 Å². The van der Waals surface area contributed by atoms with E-state index in [1.807, 2.05) is 18.3 Å². The average Bonchev–Trinajstić information content (AvgIpc) is 3.00. The summed E-state index contributed by atoms with van der Waals surface area (Å²) in [7, 11) is -2.98. The second-order valence-corrected chi connectivity index (χ2v) is 7.58. The maximum atomic E-state index is 11.9. The lowest BCUT2D eigenvalue weighted by molar-refractivity contribution is 0.311. The Morgan fingerprint density at radius 1 is 1.20 bits per heavy atom. The second kappa shape index (κ2) is 4.23. The van der Waals surface area contributed by atoms with E-state index in [-0.39, 0.29) is 6.04 Å². The predicted molar refractivity (Wildman–Crippen MR) is 79.4 cm³/mol. The molecule has 1 unspecified atom stereocenters. The SMILES string of the molecule is O=S1(=O)CCC2CN(c3c[nH]c4ccccc34)CCN21. The van der Waals surface area contributed by atoms with Crippen LogP contribution in [0, 0.1) is 0 Å². The van der Waals surface area contributed by atoms with Crippen LogP contribution in [0.25, 0.3) is 10.9 Å². The van der Waals surface area contributed by atoms with Crippen LogP contribution < -0.4 is 4.90 Å². The zero-order chi connectivity index (χ0) is 13.7. The number of H-pyrrole nitrogens is 1. The van der Waals surface area contributed by atoms with Gasteiger partial charge in [-0.3, -0.25) is 0 Å². The number of benzene rings is 1. The Hall–Kier alpha value is -1.53. The lowest BCUT2D eigenvalue weighted by Gasteiger charge is -2.37. The molecule has 1 aromatic carbocycles. The van der Waals surface area contributed by atoms with Gasteiger partial charge in [-0.2, -0.15) is 4.31 Å². The second-order valence-electron chi connectivity index (χ2n) is 5.53. The van der Waals surface area contributed by atoms with Crippen molar-refractivity contribution in [1.82, 2.24) is 9.29 Å². The third-order valence-electron chi connectivity index (χ3n) is 4.40. The van der Waals surface area contributed by atoms with Crippen LogP contribution >= 0.6 is 0 Å². The monoisotopic (exact) mass is 291 g/mol. The van der Waals surface area contributed by atoms with Crippen molar-refractivity contribution in [3.05, 3.63) is 30.5 Å².